The van der Waals surface area contributed by atoms with Crippen LogP contribution in [-0.4, -0.2) is 23.5 Å². The van der Waals surface area contributed by atoms with Crippen molar-refractivity contribution >= 4 is 22.8 Å². The summed E-state index contributed by atoms with van der Waals surface area (Å²) in [6.07, 6.45) is 0. The zero-order valence-electron chi connectivity index (χ0n) is 15.1. The van der Waals surface area contributed by atoms with E-state index in [4.69, 9.17) is 4.74 Å². The van der Waals surface area contributed by atoms with Gasteiger partial charge in [0.15, 0.2) is 0 Å². The third-order valence-corrected chi connectivity index (χ3v) is 4.30. The lowest BCUT2D eigenvalue weighted by Crippen LogP contribution is -2.26. The van der Waals surface area contributed by atoms with Gasteiger partial charge in [0.25, 0.3) is 5.91 Å². The first-order valence-corrected chi connectivity index (χ1v) is 8.65. The molecule has 3 rings (SSSR count). The van der Waals surface area contributed by atoms with E-state index < -0.39 is 5.97 Å². The van der Waals surface area contributed by atoms with Crippen molar-refractivity contribution in [1.82, 2.24) is 10.3 Å². The molecule has 1 unspecified atom stereocenters. The summed E-state index contributed by atoms with van der Waals surface area (Å²) in [6, 6.07) is 15.0. The topological polar surface area (TPSA) is 71.2 Å². The Balaban J connectivity index is 1.77. The van der Waals surface area contributed by atoms with Crippen molar-refractivity contribution in [2.45, 2.75) is 26.8 Å². The summed E-state index contributed by atoms with van der Waals surface area (Å²) in [5.74, 6) is -0.554. The number of aromatic nitrogens is 1. The summed E-state index contributed by atoms with van der Waals surface area (Å²) in [5.41, 5.74) is 3.95. The lowest BCUT2D eigenvalue weighted by Gasteiger charge is -2.14. The van der Waals surface area contributed by atoms with E-state index in [1.807, 2.05) is 38.1 Å². The molecule has 0 radical (unpaired) electrons. The van der Waals surface area contributed by atoms with Gasteiger partial charge in [0.1, 0.15) is 5.69 Å². The molecule has 1 amide bonds. The number of H-pyrrole nitrogens is 1. The minimum absolute atomic E-state index is 0.0971. The molecular formula is C21H22N2O3. The van der Waals surface area contributed by atoms with Crippen LogP contribution in [0.4, 0.5) is 0 Å². The van der Waals surface area contributed by atoms with Gasteiger partial charge < -0.3 is 15.0 Å². The van der Waals surface area contributed by atoms with Gasteiger partial charge >= 0.3 is 5.97 Å². The van der Waals surface area contributed by atoms with Gasteiger partial charge in [-0.05, 0) is 50.6 Å². The minimum atomic E-state index is -0.400. The molecule has 0 spiro atoms. The highest BCUT2D eigenvalue weighted by molar-refractivity contribution is 6.00. The number of hydrogen-bond donors (Lipinski definition) is 2. The van der Waals surface area contributed by atoms with Crippen LogP contribution in [0.2, 0.25) is 0 Å². The zero-order chi connectivity index (χ0) is 18.7. The van der Waals surface area contributed by atoms with Crippen molar-refractivity contribution < 1.29 is 14.3 Å². The van der Waals surface area contributed by atoms with E-state index in [1.54, 1.807) is 31.2 Å². The second kappa shape index (κ2) is 7.44. The fourth-order valence-electron chi connectivity index (χ4n) is 2.81. The van der Waals surface area contributed by atoms with Crippen molar-refractivity contribution in [1.29, 1.82) is 0 Å². The van der Waals surface area contributed by atoms with E-state index in [-0.39, 0.29) is 11.9 Å². The Labute approximate surface area is 152 Å². The number of nitrogens with one attached hydrogen (secondary N) is 2. The molecule has 0 aliphatic heterocycles. The Morgan fingerprint density at radius 3 is 2.54 bits per heavy atom. The van der Waals surface area contributed by atoms with Crippen LogP contribution in [0.15, 0.2) is 48.5 Å². The Bertz CT molecular complexity index is 942. The van der Waals surface area contributed by atoms with Gasteiger partial charge in [0.2, 0.25) is 0 Å². The quantitative estimate of drug-likeness (QED) is 0.679. The fourth-order valence-corrected chi connectivity index (χ4v) is 2.81. The highest BCUT2D eigenvalue weighted by Crippen LogP contribution is 2.19. The first kappa shape index (κ1) is 17.7. The Hall–Kier alpha value is -3.08. The standard InChI is InChI=1S/C21H22N2O3/c1-4-26-21(25)19-12-17-11-16(9-10-18(17)23-19)20(24)22-14(3)15-7-5-13(2)6-8-15/h5-12,14,23H,4H2,1-3H3,(H,22,24). The van der Waals surface area contributed by atoms with Crippen molar-refractivity contribution in [2.24, 2.45) is 0 Å². The summed E-state index contributed by atoms with van der Waals surface area (Å²) in [6.45, 7) is 6.07. The average molecular weight is 350 g/mol. The number of rotatable bonds is 5. The number of ether oxygens (including phenoxy) is 1. The SMILES string of the molecule is CCOC(=O)c1cc2cc(C(=O)NC(C)c3ccc(C)cc3)ccc2[nH]1. The van der Waals surface area contributed by atoms with E-state index >= 15 is 0 Å². The van der Waals surface area contributed by atoms with Crippen LogP contribution in [0.1, 0.15) is 51.9 Å². The Morgan fingerprint density at radius 1 is 1.12 bits per heavy atom. The van der Waals surface area contributed by atoms with Crippen LogP contribution >= 0.6 is 0 Å². The van der Waals surface area contributed by atoms with Crippen LogP contribution in [0.25, 0.3) is 10.9 Å². The van der Waals surface area contributed by atoms with Gasteiger partial charge in [-0.15, -0.1) is 0 Å². The number of carbonyl (C=O) groups is 2. The van der Waals surface area contributed by atoms with Crippen LogP contribution < -0.4 is 5.32 Å². The molecule has 5 heteroatoms. The highest BCUT2D eigenvalue weighted by atomic mass is 16.5. The van der Waals surface area contributed by atoms with Gasteiger partial charge in [-0.25, -0.2) is 4.79 Å². The molecule has 2 aromatic carbocycles. The van der Waals surface area contributed by atoms with Gasteiger partial charge in [-0.3, -0.25) is 4.79 Å². The second-order valence-electron chi connectivity index (χ2n) is 6.31. The van der Waals surface area contributed by atoms with E-state index in [0.29, 0.717) is 17.9 Å². The minimum Gasteiger partial charge on any atom is -0.461 e. The first-order valence-electron chi connectivity index (χ1n) is 8.65. The molecule has 3 aromatic rings. The predicted octanol–water partition coefficient (Wildman–Crippen LogP) is 4.14. The number of hydrogen-bond acceptors (Lipinski definition) is 3. The summed E-state index contributed by atoms with van der Waals surface area (Å²) in [5, 5.41) is 3.80. The molecular weight excluding hydrogens is 328 g/mol. The maximum atomic E-state index is 12.6. The normalized spacial score (nSPS) is 12.0. The fraction of sp³-hybridized carbons (Fsp3) is 0.238. The molecule has 26 heavy (non-hydrogen) atoms. The van der Waals surface area contributed by atoms with E-state index in [0.717, 1.165) is 16.5 Å². The third-order valence-electron chi connectivity index (χ3n) is 4.30. The number of aromatic amines is 1. The molecule has 1 heterocycles. The summed E-state index contributed by atoms with van der Waals surface area (Å²) < 4.78 is 5.00. The van der Waals surface area contributed by atoms with Gasteiger partial charge in [-0.2, -0.15) is 0 Å². The zero-order valence-corrected chi connectivity index (χ0v) is 15.1. The Morgan fingerprint density at radius 2 is 1.85 bits per heavy atom. The molecule has 0 aliphatic carbocycles. The number of carbonyl (C=O) groups excluding carboxylic acids is 2. The molecule has 1 atom stereocenters. The van der Waals surface area contributed by atoms with Crippen molar-refractivity contribution in [3.63, 3.8) is 0 Å². The van der Waals surface area contributed by atoms with Crippen LogP contribution in [0.5, 0.6) is 0 Å². The number of fused-ring (bicyclic) bond motifs is 1. The number of aryl methyl sites for hydroxylation is 1. The van der Waals surface area contributed by atoms with Crippen molar-refractivity contribution in [2.75, 3.05) is 6.61 Å². The molecule has 0 fully saturated rings. The molecule has 2 N–H and O–H groups in total. The van der Waals surface area contributed by atoms with E-state index in [2.05, 4.69) is 10.3 Å². The van der Waals surface area contributed by atoms with Gasteiger partial charge in [-0.1, -0.05) is 29.8 Å². The molecule has 0 aliphatic rings. The van der Waals surface area contributed by atoms with E-state index in [1.165, 1.54) is 5.56 Å². The number of esters is 1. The van der Waals surface area contributed by atoms with Crippen molar-refractivity contribution in [3.8, 4) is 0 Å². The predicted molar refractivity (Wildman–Crippen MR) is 101 cm³/mol. The largest absolute Gasteiger partial charge is 0.461 e. The first-order chi connectivity index (χ1) is 12.5. The smallest absolute Gasteiger partial charge is 0.354 e. The van der Waals surface area contributed by atoms with E-state index in [9.17, 15) is 9.59 Å². The third kappa shape index (κ3) is 3.77. The second-order valence-corrected chi connectivity index (χ2v) is 6.31. The molecule has 0 bridgehead atoms. The molecule has 0 saturated heterocycles. The maximum absolute atomic E-state index is 12.6. The average Bonchev–Trinajstić information content (AvgIpc) is 3.05. The van der Waals surface area contributed by atoms with Crippen molar-refractivity contribution in [3.05, 3.63) is 70.9 Å². The maximum Gasteiger partial charge on any atom is 0.354 e. The lowest BCUT2D eigenvalue weighted by atomic mass is 10.1. The van der Waals surface area contributed by atoms with Gasteiger partial charge in [0, 0.05) is 16.5 Å². The lowest BCUT2D eigenvalue weighted by molar-refractivity contribution is 0.0520. The van der Waals surface area contributed by atoms with Crippen LogP contribution in [0.3, 0.4) is 0 Å². The molecule has 0 saturated carbocycles. The molecule has 5 nitrogen and oxygen atoms in total. The number of amides is 1. The summed E-state index contributed by atoms with van der Waals surface area (Å²) >= 11 is 0. The monoisotopic (exact) mass is 350 g/mol. The summed E-state index contributed by atoms with van der Waals surface area (Å²) in [7, 11) is 0. The number of benzene rings is 2. The van der Waals surface area contributed by atoms with Crippen LogP contribution in [-0.2, 0) is 4.74 Å². The molecule has 1 aromatic heterocycles. The van der Waals surface area contributed by atoms with Crippen LogP contribution in [0, 0.1) is 6.92 Å². The summed E-state index contributed by atoms with van der Waals surface area (Å²) in [4.78, 5) is 27.4. The Kier molecular flexibility index (Phi) is 5.07. The highest BCUT2D eigenvalue weighted by Gasteiger charge is 2.14. The molecule has 134 valence electrons. The van der Waals surface area contributed by atoms with Gasteiger partial charge in [0.05, 0.1) is 12.6 Å².